The van der Waals surface area contributed by atoms with Gasteiger partial charge in [-0.2, -0.15) is 0 Å². The van der Waals surface area contributed by atoms with Gasteiger partial charge in [-0.1, -0.05) is 40.7 Å². The Labute approximate surface area is 185 Å². The fraction of sp³-hybridized carbons (Fsp3) is 0.522. The molecule has 0 N–H and O–H groups in total. The third-order valence-electron chi connectivity index (χ3n) is 5.26. The zero-order valence-corrected chi connectivity index (χ0v) is 19.9. The maximum atomic E-state index is 13.1. The van der Waals surface area contributed by atoms with Crippen LogP contribution in [0.15, 0.2) is 22.3 Å². The summed E-state index contributed by atoms with van der Waals surface area (Å²) < 4.78 is 2.55. The van der Waals surface area contributed by atoms with Crippen LogP contribution in [0.5, 0.6) is 0 Å². The predicted molar refractivity (Wildman–Crippen MR) is 124 cm³/mol. The second kappa shape index (κ2) is 9.02. The molecule has 1 aliphatic rings. The number of nitrogens with zero attached hydrogens (tertiary/aromatic N) is 2. The van der Waals surface area contributed by atoms with Gasteiger partial charge in [-0.05, 0) is 35.8 Å². The van der Waals surface area contributed by atoms with Gasteiger partial charge in [0.1, 0.15) is 11.2 Å². The minimum Gasteiger partial charge on any atom is -0.341 e. The van der Waals surface area contributed by atoms with E-state index in [4.69, 9.17) is 0 Å². The number of carbonyl (C=O) groups excluding carboxylic acids is 2. The van der Waals surface area contributed by atoms with Crippen LogP contribution >= 0.6 is 22.7 Å². The molecule has 0 spiro atoms. The van der Waals surface area contributed by atoms with Crippen molar-refractivity contribution in [2.24, 2.45) is 17.3 Å². The van der Waals surface area contributed by atoms with E-state index in [0.717, 1.165) is 24.4 Å². The number of carbonyl (C=O) groups is 2. The molecule has 2 atom stereocenters. The quantitative estimate of drug-likeness (QED) is 0.726. The van der Waals surface area contributed by atoms with Crippen LogP contribution in [0, 0.1) is 17.3 Å². The standard InChI is InChI=1S/C23H30N2O3S2/c1-15-9-16(2)13-24(12-15)20(27)14-25-21(11-19(26)23(3,4)5)30-18(22(25)28)10-17-7-6-8-29-17/h6-8,10-11,15-16H,9,12-14H2,1-5H3/b18-10+,21-11-/t15-,16-/m1/s1. The van der Waals surface area contributed by atoms with E-state index in [-0.39, 0.29) is 23.8 Å². The van der Waals surface area contributed by atoms with Gasteiger partial charge in [0.25, 0.3) is 5.56 Å². The molecule has 1 amide bonds. The summed E-state index contributed by atoms with van der Waals surface area (Å²) in [5.74, 6) is 0.780. The Morgan fingerprint density at radius 2 is 1.87 bits per heavy atom. The van der Waals surface area contributed by atoms with Crippen LogP contribution in [0.3, 0.4) is 0 Å². The summed E-state index contributed by atoms with van der Waals surface area (Å²) in [6.07, 6.45) is 4.47. The number of thiophene rings is 1. The minimum atomic E-state index is -0.551. The first-order chi connectivity index (χ1) is 14.0. The van der Waals surface area contributed by atoms with Crippen LogP contribution in [0.4, 0.5) is 0 Å². The second-order valence-electron chi connectivity index (χ2n) is 9.36. The molecule has 0 aromatic carbocycles. The first kappa shape index (κ1) is 22.7. The van der Waals surface area contributed by atoms with Crippen LogP contribution in [-0.2, 0) is 16.1 Å². The van der Waals surface area contributed by atoms with Gasteiger partial charge in [-0.3, -0.25) is 19.0 Å². The Bertz CT molecular complexity index is 1080. The number of rotatable bonds is 4. The molecule has 1 saturated heterocycles. The molecular weight excluding hydrogens is 416 g/mol. The summed E-state index contributed by atoms with van der Waals surface area (Å²) in [5.41, 5.74) is -0.766. The molecule has 0 saturated carbocycles. The first-order valence-corrected chi connectivity index (χ1v) is 12.0. The lowest BCUT2D eigenvalue weighted by atomic mass is 9.91. The number of ketones is 1. The molecule has 0 unspecified atom stereocenters. The lowest BCUT2D eigenvalue weighted by Gasteiger charge is -2.35. The summed E-state index contributed by atoms with van der Waals surface area (Å²) in [7, 11) is 0. The lowest BCUT2D eigenvalue weighted by Crippen LogP contribution is -2.46. The molecule has 2 aromatic rings. The van der Waals surface area contributed by atoms with E-state index in [1.54, 1.807) is 11.3 Å². The van der Waals surface area contributed by atoms with Crippen LogP contribution in [0.25, 0.3) is 12.2 Å². The lowest BCUT2D eigenvalue weighted by molar-refractivity contribution is -0.134. The molecule has 1 fully saturated rings. The maximum Gasteiger partial charge on any atom is 0.269 e. The average Bonchev–Trinajstić information content (AvgIpc) is 3.24. The normalized spacial score (nSPS) is 21.3. The highest BCUT2D eigenvalue weighted by molar-refractivity contribution is 7.11. The first-order valence-electron chi connectivity index (χ1n) is 10.3. The van der Waals surface area contributed by atoms with Gasteiger partial charge in [0.05, 0.1) is 4.53 Å². The number of hydrogen-bond acceptors (Lipinski definition) is 5. The monoisotopic (exact) mass is 446 g/mol. The number of Topliss-reactive ketones (excluding diaryl/α,β-unsaturated/α-hetero) is 1. The zero-order chi connectivity index (χ0) is 22.1. The number of aromatic nitrogens is 1. The fourth-order valence-corrected chi connectivity index (χ4v) is 5.49. The zero-order valence-electron chi connectivity index (χ0n) is 18.3. The SMILES string of the molecule is C[C@@H]1C[C@@H](C)CN(C(=O)Cn2c(=O)/c(=C\c3cccs3)s/c2=C\C(=O)C(C)(C)C)C1. The third kappa shape index (κ3) is 5.38. The summed E-state index contributed by atoms with van der Waals surface area (Å²) in [5, 5.41) is 1.95. The van der Waals surface area contributed by atoms with E-state index in [2.05, 4.69) is 13.8 Å². The average molecular weight is 447 g/mol. The topological polar surface area (TPSA) is 59.4 Å². The Morgan fingerprint density at radius 3 is 2.43 bits per heavy atom. The number of hydrogen-bond donors (Lipinski definition) is 0. The molecule has 0 radical (unpaired) electrons. The molecule has 3 rings (SSSR count). The highest BCUT2D eigenvalue weighted by Crippen LogP contribution is 2.21. The molecule has 7 heteroatoms. The molecule has 30 heavy (non-hydrogen) atoms. The van der Waals surface area contributed by atoms with Gasteiger partial charge in [0.15, 0.2) is 5.78 Å². The second-order valence-corrected chi connectivity index (χ2v) is 11.4. The van der Waals surface area contributed by atoms with Crippen LogP contribution in [0.2, 0.25) is 0 Å². The molecule has 0 aliphatic carbocycles. The predicted octanol–water partition coefficient (Wildman–Crippen LogP) is 2.70. The van der Waals surface area contributed by atoms with Crippen molar-refractivity contribution in [2.75, 3.05) is 13.1 Å². The Balaban J connectivity index is 2.02. The molecule has 1 aliphatic heterocycles. The van der Waals surface area contributed by atoms with E-state index in [1.807, 2.05) is 49.3 Å². The largest absolute Gasteiger partial charge is 0.341 e. The molecule has 3 heterocycles. The Kier molecular flexibility index (Phi) is 6.82. The molecular formula is C23H30N2O3S2. The van der Waals surface area contributed by atoms with Crippen LogP contribution < -0.4 is 14.8 Å². The highest BCUT2D eigenvalue weighted by atomic mass is 32.1. The van der Waals surface area contributed by atoms with Crippen molar-refractivity contribution in [3.63, 3.8) is 0 Å². The summed E-state index contributed by atoms with van der Waals surface area (Å²) in [4.78, 5) is 41.6. The van der Waals surface area contributed by atoms with Crippen LogP contribution in [0.1, 0.15) is 45.9 Å². The molecule has 5 nitrogen and oxygen atoms in total. The van der Waals surface area contributed by atoms with E-state index in [1.165, 1.54) is 22.0 Å². The van der Waals surface area contributed by atoms with Crippen molar-refractivity contribution < 1.29 is 9.59 Å². The summed E-state index contributed by atoms with van der Waals surface area (Å²) in [6, 6.07) is 3.88. The van der Waals surface area contributed by atoms with Gasteiger partial charge in [0.2, 0.25) is 5.91 Å². The van der Waals surface area contributed by atoms with E-state index < -0.39 is 5.41 Å². The van der Waals surface area contributed by atoms with Gasteiger partial charge in [-0.25, -0.2) is 0 Å². The van der Waals surface area contributed by atoms with Crippen molar-refractivity contribution in [3.8, 4) is 0 Å². The van der Waals surface area contributed by atoms with Gasteiger partial charge >= 0.3 is 0 Å². The minimum absolute atomic E-state index is 0.0314. The third-order valence-corrected chi connectivity index (χ3v) is 7.14. The molecule has 162 valence electrons. The van der Waals surface area contributed by atoms with E-state index >= 15 is 0 Å². The van der Waals surface area contributed by atoms with Gasteiger partial charge in [0, 0.05) is 29.5 Å². The summed E-state index contributed by atoms with van der Waals surface area (Å²) in [6.45, 7) is 11.3. The number of piperidine rings is 1. The van der Waals surface area contributed by atoms with Gasteiger partial charge < -0.3 is 4.90 Å². The van der Waals surface area contributed by atoms with Crippen molar-refractivity contribution in [2.45, 2.75) is 47.6 Å². The maximum absolute atomic E-state index is 13.1. The molecule has 0 bridgehead atoms. The Hall–Kier alpha value is -1.99. The van der Waals surface area contributed by atoms with E-state index in [0.29, 0.717) is 21.0 Å². The molecule has 2 aromatic heterocycles. The highest BCUT2D eigenvalue weighted by Gasteiger charge is 2.26. The Morgan fingerprint density at radius 1 is 1.20 bits per heavy atom. The van der Waals surface area contributed by atoms with Crippen molar-refractivity contribution >= 4 is 46.5 Å². The number of likely N-dealkylation sites (tertiary alicyclic amines) is 1. The summed E-state index contributed by atoms with van der Waals surface area (Å²) >= 11 is 2.82. The van der Waals surface area contributed by atoms with Gasteiger partial charge in [-0.15, -0.1) is 22.7 Å². The van der Waals surface area contributed by atoms with Crippen molar-refractivity contribution in [1.29, 1.82) is 0 Å². The van der Waals surface area contributed by atoms with Crippen LogP contribution in [-0.4, -0.2) is 34.2 Å². The number of thiazole rings is 1. The van der Waals surface area contributed by atoms with Crippen molar-refractivity contribution in [3.05, 3.63) is 41.9 Å². The van der Waals surface area contributed by atoms with E-state index in [9.17, 15) is 14.4 Å². The van der Waals surface area contributed by atoms with Crippen molar-refractivity contribution in [1.82, 2.24) is 9.47 Å². The fourth-order valence-electron chi connectivity index (χ4n) is 3.73. The smallest absolute Gasteiger partial charge is 0.269 e. The number of amides is 1.